The average molecular weight is 264 g/mol. The highest BCUT2D eigenvalue weighted by atomic mass is 19.1. The predicted octanol–water partition coefficient (Wildman–Crippen LogP) is 2.56. The number of nitrogens with zero attached hydrogens (tertiary/aromatic N) is 2. The van der Waals surface area contributed by atoms with Crippen molar-refractivity contribution >= 4 is 11.5 Å². The molecular weight excluding hydrogens is 243 g/mol. The molecule has 0 radical (unpaired) electrons. The van der Waals surface area contributed by atoms with Gasteiger partial charge < -0.3 is 9.80 Å². The summed E-state index contributed by atoms with van der Waals surface area (Å²) in [6.07, 6.45) is 2.26. The minimum Gasteiger partial charge on any atom is -0.370 e. The quantitative estimate of drug-likeness (QED) is 0.784. The van der Waals surface area contributed by atoms with E-state index in [1.54, 1.807) is 6.07 Å². The Morgan fingerprint density at radius 3 is 2.84 bits per heavy atom. The highest BCUT2D eigenvalue weighted by Crippen LogP contribution is 2.26. The van der Waals surface area contributed by atoms with E-state index in [0.29, 0.717) is 11.6 Å². The van der Waals surface area contributed by atoms with Gasteiger partial charge in [-0.1, -0.05) is 0 Å². The molecule has 0 aromatic heterocycles. The molecule has 1 unspecified atom stereocenters. The number of anilines is 1. The number of ketones is 1. The molecule has 4 heteroatoms. The molecule has 19 heavy (non-hydrogen) atoms. The summed E-state index contributed by atoms with van der Waals surface area (Å²) < 4.78 is 13.3. The van der Waals surface area contributed by atoms with Crippen LogP contribution >= 0.6 is 0 Å². The summed E-state index contributed by atoms with van der Waals surface area (Å²) in [7, 11) is 4.10. The second kappa shape index (κ2) is 5.70. The molecule has 0 bridgehead atoms. The van der Waals surface area contributed by atoms with Crippen molar-refractivity contribution in [2.24, 2.45) is 0 Å². The van der Waals surface area contributed by atoms with Crippen molar-refractivity contribution in [1.82, 2.24) is 4.90 Å². The Bertz CT molecular complexity index is 475. The number of piperidine rings is 1. The van der Waals surface area contributed by atoms with E-state index >= 15 is 0 Å². The summed E-state index contributed by atoms with van der Waals surface area (Å²) in [4.78, 5) is 16.1. The van der Waals surface area contributed by atoms with Gasteiger partial charge in [-0.25, -0.2) is 4.39 Å². The molecule has 0 N–H and O–H groups in total. The molecular formula is C15H21FN2O. The zero-order valence-corrected chi connectivity index (χ0v) is 11.8. The van der Waals surface area contributed by atoms with Gasteiger partial charge in [0.1, 0.15) is 5.82 Å². The van der Waals surface area contributed by atoms with Gasteiger partial charge in [-0.2, -0.15) is 0 Å². The highest BCUT2D eigenvalue weighted by Gasteiger charge is 2.23. The van der Waals surface area contributed by atoms with Gasteiger partial charge in [0.15, 0.2) is 5.78 Å². The summed E-state index contributed by atoms with van der Waals surface area (Å²) in [6, 6.07) is 4.84. The molecule has 2 rings (SSSR count). The maximum Gasteiger partial charge on any atom is 0.161 e. The fourth-order valence-corrected chi connectivity index (χ4v) is 2.75. The van der Waals surface area contributed by atoms with E-state index in [4.69, 9.17) is 0 Å². The minimum atomic E-state index is -0.358. The van der Waals surface area contributed by atoms with Crippen molar-refractivity contribution in [1.29, 1.82) is 0 Å². The molecule has 1 aromatic rings. The van der Waals surface area contributed by atoms with E-state index in [1.165, 1.54) is 19.1 Å². The highest BCUT2D eigenvalue weighted by molar-refractivity contribution is 5.99. The van der Waals surface area contributed by atoms with Crippen molar-refractivity contribution in [2.75, 3.05) is 32.1 Å². The number of hydrogen-bond acceptors (Lipinski definition) is 3. The maximum absolute atomic E-state index is 13.3. The normalized spacial score (nSPS) is 20.3. The first-order valence-electron chi connectivity index (χ1n) is 6.71. The summed E-state index contributed by atoms with van der Waals surface area (Å²) in [5.74, 6) is -0.450. The lowest BCUT2D eigenvalue weighted by Crippen LogP contribution is -2.45. The van der Waals surface area contributed by atoms with Crippen molar-refractivity contribution in [3.05, 3.63) is 29.6 Å². The van der Waals surface area contributed by atoms with Crippen LogP contribution in [0, 0.1) is 5.82 Å². The van der Waals surface area contributed by atoms with Gasteiger partial charge in [0, 0.05) is 30.9 Å². The summed E-state index contributed by atoms with van der Waals surface area (Å²) in [5, 5.41) is 0. The van der Waals surface area contributed by atoms with Crippen LogP contribution in [0.15, 0.2) is 18.2 Å². The van der Waals surface area contributed by atoms with E-state index in [2.05, 4.69) is 16.8 Å². The van der Waals surface area contributed by atoms with Crippen LogP contribution in [0.25, 0.3) is 0 Å². The lowest BCUT2D eigenvalue weighted by molar-refractivity contribution is 0.101. The summed E-state index contributed by atoms with van der Waals surface area (Å²) >= 11 is 0. The van der Waals surface area contributed by atoms with E-state index in [1.807, 2.05) is 7.05 Å². The van der Waals surface area contributed by atoms with Crippen LogP contribution in [0.4, 0.5) is 10.1 Å². The van der Waals surface area contributed by atoms with Gasteiger partial charge in [-0.05, 0) is 51.6 Å². The van der Waals surface area contributed by atoms with Crippen LogP contribution in [-0.4, -0.2) is 43.9 Å². The number of carbonyl (C=O) groups is 1. The van der Waals surface area contributed by atoms with Gasteiger partial charge in [-0.15, -0.1) is 0 Å². The lowest BCUT2D eigenvalue weighted by atomic mass is 10.0. The largest absolute Gasteiger partial charge is 0.370 e. The molecule has 0 amide bonds. The first kappa shape index (κ1) is 14.0. The number of Topliss-reactive ketones (excluding diaryl/α,β-unsaturated/α-hetero) is 1. The average Bonchev–Trinajstić information content (AvgIpc) is 2.37. The summed E-state index contributed by atoms with van der Waals surface area (Å²) in [5.41, 5.74) is 1.30. The fraction of sp³-hybridized carbons (Fsp3) is 0.533. The standard InChI is InChI=1S/C15H21FN2O/c1-11(19)14-9-12(16)6-7-15(14)18(3)13-5-4-8-17(2)10-13/h6-7,9,13H,4-5,8,10H2,1-3H3. The molecule has 1 aromatic carbocycles. The number of likely N-dealkylation sites (tertiary alicyclic amines) is 1. The van der Waals surface area contributed by atoms with Gasteiger partial charge in [-0.3, -0.25) is 4.79 Å². The molecule has 0 spiro atoms. The number of carbonyl (C=O) groups excluding carboxylic acids is 1. The molecule has 1 fully saturated rings. The van der Waals surface area contributed by atoms with Crippen molar-refractivity contribution in [3.63, 3.8) is 0 Å². The third-order valence-corrected chi connectivity index (χ3v) is 3.87. The Morgan fingerprint density at radius 1 is 1.47 bits per heavy atom. The van der Waals surface area contributed by atoms with Crippen LogP contribution in [0.2, 0.25) is 0 Å². The Balaban J connectivity index is 2.27. The maximum atomic E-state index is 13.3. The molecule has 1 heterocycles. The number of likely N-dealkylation sites (N-methyl/N-ethyl adjacent to an activating group) is 2. The first-order chi connectivity index (χ1) is 8.99. The first-order valence-corrected chi connectivity index (χ1v) is 6.71. The second-order valence-corrected chi connectivity index (χ2v) is 5.39. The van der Waals surface area contributed by atoms with Gasteiger partial charge in [0.25, 0.3) is 0 Å². The van der Waals surface area contributed by atoms with Gasteiger partial charge >= 0.3 is 0 Å². The Kier molecular flexibility index (Phi) is 4.20. The number of halogens is 1. The molecule has 1 saturated heterocycles. The van der Waals surface area contributed by atoms with Crippen LogP contribution in [-0.2, 0) is 0 Å². The Labute approximate surface area is 114 Å². The van der Waals surface area contributed by atoms with E-state index in [0.717, 1.165) is 31.6 Å². The lowest BCUT2D eigenvalue weighted by Gasteiger charge is -2.37. The third kappa shape index (κ3) is 3.13. The molecule has 1 aliphatic rings. The molecule has 1 aliphatic heterocycles. The van der Waals surface area contributed by atoms with E-state index in [9.17, 15) is 9.18 Å². The van der Waals surface area contributed by atoms with Crippen molar-refractivity contribution in [3.8, 4) is 0 Å². The summed E-state index contributed by atoms with van der Waals surface area (Å²) in [6.45, 7) is 3.58. The second-order valence-electron chi connectivity index (χ2n) is 5.39. The van der Waals surface area contributed by atoms with Crippen LogP contribution < -0.4 is 4.90 Å². The molecule has 104 valence electrons. The zero-order chi connectivity index (χ0) is 14.0. The van der Waals surface area contributed by atoms with Crippen molar-refractivity contribution in [2.45, 2.75) is 25.8 Å². The smallest absolute Gasteiger partial charge is 0.161 e. The van der Waals surface area contributed by atoms with Crippen LogP contribution in [0.3, 0.4) is 0 Å². The van der Waals surface area contributed by atoms with Crippen LogP contribution in [0.5, 0.6) is 0 Å². The minimum absolute atomic E-state index is 0.0921. The van der Waals surface area contributed by atoms with Crippen molar-refractivity contribution < 1.29 is 9.18 Å². The monoisotopic (exact) mass is 264 g/mol. The van der Waals surface area contributed by atoms with Crippen LogP contribution in [0.1, 0.15) is 30.1 Å². The molecule has 0 saturated carbocycles. The molecule has 1 atom stereocenters. The zero-order valence-electron chi connectivity index (χ0n) is 11.8. The Morgan fingerprint density at radius 2 is 2.21 bits per heavy atom. The van der Waals surface area contributed by atoms with Gasteiger partial charge in [0.05, 0.1) is 0 Å². The third-order valence-electron chi connectivity index (χ3n) is 3.87. The molecule has 3 nitrogen and oxygen atoms in total. The van der Waals surface area contributed by atoms with Gasteiger partial charge in [0.2, 0.25) is 0 Å². The number of rotatable bonds is 3. The SMILES string of the molecule is CC(=O)c1cc(F)ccc1N(C)C1CCCN(C)C1. The van der Waals surface area contributed by atoms with E-state index in [-0.39, 0.29) is 11.6 Å². The predicted molar refractivity (Wildman–Crippen MR) is 75.3 cm³/mol. The Hall–Kier alpha value is -1.42. The number of benzene rings is 1. The topological polar surface area (TPSA) is 23.6 Å². The fourth-order valence-electron chi connectivity index (χ4n) is 2.75. The number of hydrogen-bond donors (Lipinski definition) is 0. The molecule has 0 aliphatic carbocycles. The van der Waals surface area contributed by atoms with E-state index < -0.39 is 0 Å².